The Morgan fingerprint density at radius 2 is 1.37 bits per heavy atom. The van der Waals surface area contributed by atoms with Gasteiger partial charge in [0.15, 0.2) is 0 Å². The molecule has 2 aliphatic rings. The van der Waals surface area contributed by atoms with Crippen LogP contribution in [0.15, 0.2) is 85.2 Å². The molecule has 35 heavy (non-hydrogen) atoms. The molecular formula is C31H18N4. The molecule has 0 aliphatic heterocycles. The van der Waals surface area contributed by atoms with E-state index in [1.54, 1.807) is 0 Å². The van der Waals surface area contributed by atoms with Crippen molar-refractivity contribution < 1.29 is 0 Å². The van der Waals surface area contributed by atoms with Gasteiger partial charge in [-0.2, -0.15) is 0 Å². The van der Waals surface area contributed by atoms with Crippen LogP contribution < -0.4 is 0 Å². The molecule has 0 spiro atoms. The van der Waals surface area contributed by atoms with Gasteiger partial charge in [-0.05, 0) is 81.3 Å². The van der Waals surface area contributed by atoms with E-state index in [0.29, 0.717) is 0 Å². The van der Waals surface area contributed by atoms with E-state index < -0.39 is 0 Å². The minimum atomic E-state index is 0.906. The van der Waals surface area contributed by atoms with Crippen LogP contribution in [0.4, 0.5) is 0 Å². The van der Waals surface area contributed by atoms with Gasteiger partial charge in [-0.1, -0.05) is 42.5 Å². The third-order valence-corrected chi connectivity index (χ3v) is 7.94. The summed E-state index contributed by atoms with van der Waals surface area (Å²) in [4.78, 5) is 14.7. The van der Waals surface area contributed by atoms with Crippen LogP contribution in [-0.4, -0.2) is 19.4 Å². The van der Waals surface area contributed by atoms with Crippen LogP contribution in [0, 0.1) is 0 Å². The number of nitrogens with zero attached hydrogens (tertiary/aromatic N) is 4. The summed E-state index contributed by atoms with van der Waals surface area (Å²) in [6.07, 6.45) is 5.62. The van der Waals surface area contributed by atoms with Crippen LogP contribution in [0.2, 0.25) is 0 Å². The lowest BCUT2D eigenvalue weighted by atomic mass is 9.95. The molecule has 0 unspecified atom stereocenters. The quantitative estimate of drug-likeness (QED) is 0.243. The zero-order chi connectivity index (χ0) is 22.7. The van der Waals surface area contributed by atoms with Gasteiger partial charge in [0, 0.05) is 29.6 Å². The molecule has 9 rings (SSSR count). The van der Waals surface area contributed by atoms with E-state index in [1.807, 2.05) is 24.5 Å². The van der Waals surface area contributed by atoms with Crippen molar-refractivity contribution >= 4 is 38.6 Å². The van der Waals surface area contributed by atoms with E-state index in [2.05, 4.69) is 65.1 Å². The zero-order valence-electron chi connectivity index (χ0n) is 18.8. The minimum absolute atomic E-state index is 0.906. The monoisotopic (exact) mass is 446 g/mol. The van der Waals surface area contributed by atoms with Crippen molar-refractivity contribution in [3.8, 4) is 22.3 Å². The minimum Gasteiger partial charge on any atom is -0.276 e. The van der Waals surface area contributed by atoms with Crippen LogP contribution in [0.1, 0.15) is 22.3 Å². The number of hydrogen-bond acceptors (Lipinski definition) is 3. The van der Waals surface area contributed by atoms with Gasteiger partial charge in [0.05, 0.1) is 16.6 Å². The van der Waals surface area contributed by atoms with Crippen molar-refractivity contribution in [1.29, 1.82) is 0 Å². The highest BCUT2D eigenvalue weighted by atomic mass is 15.1. The van der Waals surface area contributed by atoms with Gasteiger partial charge >= 0.3 is 0 Å². The van der Waals surface area contributed by atoms with Crippen molar-refractivity contribution in [1.82, 2.24) is 19.4 Å². The fourth-order valence-corrected chi connectivity index (χ4v) is 6.50. The van der Waals surface area contributed by atoms with Crippen LogP contribution in [0.5, 0.6) is 0 Å². The van der Waals surface area contributed by atoms with Crippen molar-refractivity contribution in [2.24, 2.45) is 0 Å². The Balaban J connectivity index is 1.39. The first-order valence-corrected chi connectivity index (χ1v) is 12.1. The first kappa shape index (κ1) is 17.8. The van der Waals surface area contributed by atoms with Crippen LogP contribution in [0.25, 0.3) is 60.9 Å². The Bertz CT molecular complexity index is 2070. The molecule has 0 saturated carbocycles. The maximum Gasteiger partial charge on any atom is 0.149 e. The number of hydrogen-bond donors (Lipinski definition) is 0. The summed E-state index contributed by atoms with van der Waals surface area (Å²) in [5.74, 6) is 0. The van der Waals surface area contributed by atoms with Crippen molar-refractivity contribution in [3.05, 3.63) is 107 Å². The van der Waals surface area contributed by atoms with Gasteiger partial charge in [-0.3, -0.25) is 9.38 Å². The topological polar surface area (TPSA) is 43.1 Å². The SMILES string of the molecule is c1ccc2c(c1)Cc1c-2ccc2c1-c1ccc3c(nc4c5cccnc5c5cccnc5n34)c1C2. The summed E-state index contributed by atoms with van der Waals surface area (Å²) >= 11 is 0. The molecule has 4 heterocycles. The van der Waals surface area contributed by atoms with Crippen molar-refractivity contribution in [2.75, 3.05) is 0 Å². The highest BCUT2D eigenvalue weighted by molar-refractivity contribution is 6.11. The summed E-state index contributed by atoms with van der Waals surface area (Å²) in [7, 11) is 0. The summed E-state index contributed by atoms with van der Waals surface area (Å²) < 4.78 is 2.22. The highest BCUT2D eigenvalue weighted by Gasteiger charge is 2.30. The molecule has 4 nitrogen and oxygen atoms in total. The molecule has 3 aromatic carbocycles. The third kappa shape index (κ3) is 2.11. The number of imidazole rings is 1. The Kier molecular flexibility index (Phi) is 3.11. The lowest BCUT2D eigenvalue weighted by Crippen LogP contribution is -1.94. The predicted octanol–water partition coefficient (Wildman–Crippen LogP) is 6.73. The highest BCUT2D eigenvalue weighted by Crippen LogP contribution is 2.49. The lowest BCUT2D eigenvalue weighted by molar-refractivity contribution is 1.23. The van der Waals surface area contributed by atoms with Gasteiger partial charge < -0.3 is 0 Å². The summed E-state index contributed by atoms with van der Waals surface area (Å²) in [5, 5.41) is 2.11. The van der Waals surface area contributed by atoms with E-state index in [0.717, 1.165) is 51.5 Å². The lowest BCUT2D eigenvalue weighted by Gasteiger charge is -2.09. The fourth-order valence-electron chi connectivity index (χ4n) is 6.50. The van der Waals surface area contributed by atoms with Crippen LogP contribution >= 0.6 is 0 Å². The molecule has 0 amide bonds. The molecule has 7 aromatic rings. The maximum atomic E-state index is 5.26. The first-order valence-electron chi connectivity index (χ1n) is 12.1. The third-order valence-electron chi connectivity index (χ3n) is 7.94. The molecule has 0 radical (unpaired) electrons. The molecule has 0 atom stereocenters. The Morgan fingerprint density at radius 3 is 2.31 bits per heavy atom. The van der Waals surface area contributed by atoms with E-state index in [4.69, 9.17) is 15.0 Å². The van der Waals surface area contributed by atoms with E-state index >= 15 is 0 Å². The summed E-state index contributed by atoms with van der Waals surface area (Å²) in [5.41, 5.74) is 16.1. The van der Waals surface area contributed by atoms with Gasteiger partial charge in [0.25, 0.3) is 0 Å². The van der Waals surface area contributed by atoms with Crippen molar-refractivity contribution in [2.45, 2.75) is 12.8 Å². The molecular weight excluding hydrogens is 428 g/mol. The summed E-state index contributed by atoms with van der Waals surface area (Å²) in [6.45, 7) is 0. The first-order chi connectivity index (χ1) is 17.4. The number of rotatable bonds is 0. The van der Waals surface area contributed by atoms with E-state index in [9.17, 15) is 0 Å². The van der Waals surface area contributed by atoms with Crippen LogP contribution in [-0.2, 0) is 12.8 Å². The molecule has 4 aromatic heterocycles. The molecule has 0 saturated heterocycles. The van der Waals surface area contributed by atoms with Gasteiger partial charge in [0.2, 0.25) is 0 Å². The van der Waals surface area contributed by atoms with Gasteiger partial charge in [-0.15, -0.1) is 0 Å². The standard InChI is InChI=1S/C31H18N4/c1-2-6-19-17(5-1)15-24-20(19)10-9-18-16-25-21(27(18)24)11-12-26-29(25)34-31-23-8-3-13-32-28(23)22-7-4-14-33-30(22)35(26)31/h1-14H,15-16H2. The number of fused-ring (bicyclic) bond motifs is 16. The van der Waals surface area contributed by atoms with Gasteiger partial charge in [0.1, 0.15) is 11.3 Å². The number of pyridine rings is 3. The van der Waals surface area contributed by atoms with E-state index in [-0.39, 0.29) is 0 Å². The second-order valence-electron chi connectivity index (χ2n) is 9.64. The predicted molar refractivity (Wildman–Crippen MR) is 140 cm³/mol. The number of aromatic nitrogens is 4. The van der Waals surface area contributed by atoms with Gasteiger partial charge in [-0.25, -0.2) is 9.97 Å². The molecule has 0 bridgehead atoms. The zero-order valence-corrected chi connectivity index (χ0v) is 18.8. The molecule has 2 aliphatic carbocycles. The molecule has 162 valence electrons. The average molecular weight is 447 g/mol. The normalized spacial score (nSPS) is 13.5. The molecule has 4 heteroatoms. The Hall–Kier alpha value is -4.57. The second kappa shape index (κ2) is 6.10. The smallest absolute Gasteiger partial charge is 0.149 e. The molecule has 0 N–H and O–H groups in total. The van der Waals surface area contributed by atoms with Crippen LogP contribution in [0.3, 0.4) is 0 Å². The number of benzene rings is 3. The average Bonchev–Trinajstić information content (AvgIpc) is 3.59. The Labute approximate surface area is 200 Å². The van der Waals surface area contributed by atoms with Crippen molar-refractivity contribution in [3.63, 3.8) is 0 Å². The largest absolute Gasteiger partial charge is 0.276 e. The Morgan fingerprint density at radius 1 is 0.571 bits per heavy atom. The second-order valence-corrected chi connectivity index (χ2v) is 9.64. The summed E-state index contributed by atoms with van der Waals surface area (Å²) in [6, 6.07) is 26.2. The maximum absolute atomic E-state index is 5.26. The molecule has 0 fully saturated rings. The fraction of sp³-hybridized carbons (Fsp3) is 0.0645. The van der Waals surface area contributed by atoms with E-state index in [1.165, 1.54) is 44.5 Å².